The van der Waals surface area contributed by atoms with Crippen LogP contribution in [0.4, 0.5) is 5.69 Å². The molecule has 1 aliphatic heterocycles. The van der Waals surface area contributed by atoms with Crippen LogP contribution in [0.3, 0.4) is 0 Å². The molecule has 0 unspecified atom stereocenters. The Morgan fingerprint density at radius 2 is 1.77 bits per heavy atom. The molecule has 0 aliphatic carbocycles. The van der Waals surface area contributed by atoms with Crippen LogP contribution in [-0.4, -0.2) is 52.5 Å². The summed E-state index contributed by atoms with van der Waals surface area (Å²) in [5.41, 5.74) is 3.41. The zero-order valence-corrected chi connectivity index (χ0v) is 18.8. The third-order valence-corrected chi connectivity index (χ3v) is 5.67. The molecule has 1 aliphatic rings. The number of amides is 1. The largest absolute Gasteiger partial charge is 0.368 e. The molecule has 1 amide bonds. The van der Waals surface area contributed by atoms with E-state index in [4.69, 9.17) is 11.6 Å². The van der Waals surface area contributed by atoms with Gasteiger partial charge in [-0.15, -0.1) is 0 Å². The van der Waals surface area contributed by atoms with Gasteiger partial charge in [0.25, 0.3) is 0 Å². The van der Waals surface area contributed by atoms with Crippen LogP contribution in [0.5, 0.6) is 0 Å². The van der Waals surface area contributed by atoms with Crippen LogP contribution in [0.2, 0.25) is 5.15 Å². The molecule has 0 spiro atoms. The molecule has 1 aromatic carbocycles. The van der Waals surface area contributed by atoms with Crippen LogP contribution in [0, 0.1) is 12.8 Å². The summed E-state index contributed by atoms with van der Waals surface area (Å²) in [7, 11) is 0. The van der Waals surface area contributed by atoms with Crippen molar-refractivity contribution in [2.45, 2.75) is 34.2 Å². The fourth-order valence-corrected chi connectivity index (χ4v) is 3.88. The van der Waals surface area contributed by atoms with Crippen molar-refractivity contribution >= 4 is 35.1 Å². The average Bonchev–Trinajstić information content (AvgIpc) is 2.98. The van der Waals surface area contributed by atoms with E-state index in [9.17, 15) is 9.59 Å². The van der Waals surface area contributed by atoms with Gasteiger partial charge in [-0.2, -0.15) is 5.10 Å². The predicted octanol–water partition coefficient (Wildman–Crippen LogP) is 4.07. The highest BCUT2D eigenvalue weighted by atomic mass is 35.5. The summed E-state index contributed by atoms with van der Waals surface area (Å²) in [4.78, 5) is 28.2. The second kappa shape index (κ2) is 9.47. The van der Waals surface area contributed by atoms with Gasteiger partial charge in [-0.3, -0.25) is 14.3 Å². The fourth-order valence-electron chi connectivity index (χ4n) is 3.58. The number of aromatic nitrogens is 2. The van der Waals surface area contributed by atoms with Crippen LogP contribution >= 0.6 is 11.6 Å². The number of halogens is 1. The van der Waals surface area contributed by atoms with Gasteiger partial charge in [0.05, 0.1) is 5.69 Å². The SMILES string of the molecule is CC(=O)c1ccc(N2CCN(C(=O)/C=C/c3c(C)nn(CC(C)C)c3Cl)CC2)cc1. The number of hydrogen-bond donors (Lipinski definition) is 0. The van der Waals surface area contributed by atoms with E-state index < -0.39 is 0 Å². The number of carbonyl (C=O) groups is 2. The molecule has 2 heterocycles. The zero-order chi connectivity index (χ0) is 21.8. The standard InChI is InChI=1S/C23H29ClN4O2/c1-16(2)15-28-23(24)21(17(3)25-28)9-10-22(30)27-13-11-26(12-14-27)20-7-5-19(6-8-20)18(4)29/h5-10,16H,11-15H2,1-4H3/b10-9+. The number of hydrogen-bond acceptors (Lipinski definition) is 4. The van der Waals surface area contributed by atoms with Crippen molar-refractivity contribution in [2.75, 3.05) is 31.1 Å². The van der Waals surface area contributed by atoms with Gasteiger partial charge in [-0.05, 0) is 50.1 Å². The summed E-state index contributed by atoms with van der Waals surface area (Å²) >= 11 is 6.46. The molecule has 0 saturated carbocycles. The summed E-state index contributed by atoms with van der Waals surface area (Å²) < 4.78 is 1.79. The molecule has 1 fully saturated rings. The van der Waals surface area contributed by atoms with E-state index in [-0.39, 0.29) is 11.7 Å². The Morgan fingerprint density at radius 1 is 1.13 bits per heavy atom. The molecule has 0 radical (unpaired) electrons. The maximum absolute atomic E-state index is 12.7. The minimum atomic E-state index is -0.0198. The Bertz CT molecular complexity index is 939. The summed E-state index contributed by atoms with van der Waals surface area (Å²) in [6.07, 6.45) is 3.36. The third-order valence-electron chi connectivity index (χ3n) is 5.27. The minimum absolute atomic E-state index is 0.0198. The van der Waals surface area contributed by atoms with Crippen molar-refractivity contribution in [3.05, 3.63) is 52.3 Å². The average molecular weight is 429 g/mol. The van der Waals surface area contributed by atoms with E-state index in [2.05, 4.69) is 23.8 Å². The van der Waals surface area contributed by atoms with Crippen LogP contribution < -0.4 is 4.90 Å². The lowest BCUT2D eigenvalue weighted by Crippen LogP contribution is -2.48. The first-order chi connectivity index (χ1) is 14.3. The third kappa shape index (κ3) is 5.11. The zero-order valence-electron chi connectivity index (χ0n) is 18.1. The number of nitrogens with zero attached hydrogens (tertiary/aromatic N) is 4. The van der Waals surface area contributed by atoms with Crippen molar-refractivity contribution in [1.29, 1.82) is 0 Å². The highest BCUT2D eigenvalue weighted by Crippen LogP contribution is 2.23. The van der Waals surface area contributed by atoms with Crippen LogP contribution in [-0.2, 0) is 11.3 Å². The van der Waals surface area contributed by atoms with E-state index in [1.165, 1.54) is 0 Å². The summed E-state index contributed by atoms with van der Waals surface area (Å²) in [6, 6.07) is 7.63. The molecule has 0 N–H and O–H groups in total. The van der Waals surface area contributed by atoms with Gasteiger partial charge >= 0.3 is 0 Å². The Kier molecular flexibility index (Phi) is 6.98. The Labute approximate surface area is 183 Å². The summed E-state index contributed by atoms with van der Waals surface area (Å²) in [5, 5.41) is 5.06. The number of Topliss-reactive ketones (excluding diaryl/α,β-unsaturated/α-hetero) is 1. The minimum Gasteiger partial charge on any atom is -0.368 e. The fraction of sp³-hybridized carbons (Fsp3) is 0.435. The van der Waals surface area contributed by atoms with Crippen LogP contribution in [0.15, 0.2) is 30.3 Å². The molecule has 0 atom stereocenters. The molecule has 160 valence electrons. The highest BCUT2D eigenvalue weighted by molar-refractivity contribution is 6.31. The van der Waals surface area contributed by atoms with Crippen molar-refractivity contribution < 1.29 is 9.59 Å². The second-order valence-electron chi connectivity index (χ2n) is 8.11. The van der Waals surface area contributed by atoms with Crippen molar-refractivity contribution in [3.63, 3.8) is 0 Å². The van der Waals surface area contributed by atoms with Gasteiger partial charge in [0.1, 0.15) is 5.15 Å². The lowest BCUT2D eigenvalue weighted by molar-refractivity contribution is -0.126. The number of rotatable bonds is 6. The number of piperazine rings is 1. The lowest BCUT2D eigenvalue weighted by Gasteiger charge is -2.35. The number of aryl methyl sites for hydroxylation is 1. The Balaban J connectivity index is 1.59. The molecular weight excluding hydrogens is 400 g/mol. The van der Waals surface area contributed by atoms with Crippen LogP contribution in [0.1, 0.15) is 42.4 Å². The van der Waals surface area contributed by atoms with E-state index in [0.717, 1.165) is 36.6 Å². The molecule has 6 nitrogen and oxygen atoms in total. The van der Waals surface area contributed by atoms with Crippen molar-refractivity contribution in [3.8, 4) is 0 Å². The molecule has 30 heavy (non-hydrogen) atoms. The maximum Gasteiger partial charge on any atom is 0.246 e. The van der Waals surface area contributed by atoms with E-state index in [0.29, 0.717) is 29.7 Å². The van der Waals surface area contributed by atoms with Gasteiger partial charge in [-0.25, -0.2) is 0 Å². The first kappa shape index (κ1) is 22.1. The number of carbonyl (C=O) groups excluding carboxylic acids is 2. The molecule has 0 bridgehead atoms. The van der Waals surface area contributed by atoms with Gasteiger partial charge in [0.2, 0.25) is 5.91 Å². The maximum atomic E-state index is 12.7. The molecular formula is C23H29ClN4O2. The van der Waals surface area contributed by atoms with Gasteiger partial charge < -0.3 is 9.80 Å². The normalized spacial score (nSPS) is 14.7. The lowest BCUT2D eigenvalue weighted by atomic mass is 10.1. The van der Waals surface area contributed by atoms with E-state index in [1.807, 2.05) is 36.1 Å². The highest BCUT2D eigenvalue weighted by Gasteiger charge is 2.20. The Hall–Kier alpha value is -2.60. The summed E-state index contributed by atoms with van der Waals surface area (Å²) in [6.45, 7) is 11.3. The number of anilines is 1. The Morgan fingerprint density at radius 3 is 2.33 bits per heavy atom. The van der Waals surface area contributed by atoms with E-state index in [1.54, 1.807) is 23.8 Å². The monoisotopic (exact) mass is 428 g/mol. The first-order valence-electron chi connectivity index (χ1n) is 10.3. The van der Waals surface area contributed by atoms with E-state index >= 15 is 0 Å². The molecule has 1 aromatic heterocycles. The number of benzene rings is 1. The summed E-state index contributed by atoms with van der Waals surface area (Å²) in [5.74, 6) is 0.484. The molecule has 3 rings (SSSR count). The van der Waals surface area contributed by atoms with Gasteiger partial charge in [0.15, 0.2) is 5.78 Å². The first-order valence-corrected chi connectivity index (χ1v) is 10.7. The molecule has 2 aromatic rings. The van der Waals surface area contributed by atoms with Crippen LogP contribution in [0.25, 0.3) is 6.08 Å². The topological polar surface area (TPSA) is 58.4 Å². The second-order valence-corrected chi connectivity index (χ2v) is 8.47. The molecule has 1 saturated heterocycles. The van der Waals surface area contributed by atoms with Gasteiger partial charge in [0, 0.05) is 55.6 Å². The molecule has 7 heteroatoms. The van der Waals surface area contributed by atoms with Gasteiger partial charge in [-0.1, -0.05) is 25.4 Å². The number of ketones is 1. The predicted molar refractivity (Wildman–Crippen MR) is 121 cm³/mol. The quantitative estimate of drug-likeness (QED) is 0.514. The van der Waals surface area contributed by atoms with Crippen molar-refractivity contribution in [2.24, 2.45) is 5.92 Å². The smallest absolute Gasteiger partial charge is 0.246 e. The van der Waals surface area contributed by atoms with Crippen molar-refractivity contribution in [1.82, 2.24) is 14.7 Å².